The summed E-state index contributed by atoms with van der Waals surface area (Å²) in [6, 6.07) is 8.23. The molecule has 0 bridgehead atoms. The van der Waals surface area contributed by atoms with E-state index in [1.54, 1.807) is 30.3 Å². The number of carbonyl (C=O) groups is 2. The average molecular weight is 262 g/mol. The molecule has 0 aliphatic heterocycles. The zero-order chi connectivity index (χ0) is 13.9. The first kappa shape index (κ1) is 13.5. The second-order valence-electron chi connectivity index (χ2n) is 4.38. The second-order valence-corrected chi connectivity index (χ2v) is 4.38. The third-order valence-electron chi connectivity index (χ3n) is 3.04. The molecule has 1 aromatic carbocycles. The molecule has 0 unspecified atom stereocenters. The molecule has 2 atom stereocenters. The molecule has 0 spiro atoms. The van der Waals surface area contributed by atoms with E-state index in [0.29, 0.717) is 5.56 Å². The predicted molar refractivity (Wildman–Crippen MR) is 66.4 cm³/mol. The van der Waals surface area contributed by atoms with Gasteiger partial charge in [0.1, 0.15) is 6.61 Å². The summed E-state index contributed by atoms with van der Waals surface area (Å²) in [7, 11) is 0. The molecule has 5 nitrogen and oxygen atoms in total. The number of aliphatic hydroxyl groups excluding tert-OH is 1. The van der Waals surface area contributed by atoms with E-state index >= 15 is 0 Å². The van der Waals surface area contributed by atoms with Crippen molar-refractivity contribution in [3.05, 3.63) is 48.0 Å². The van der Waals surface area contributed by atoms with Crippen molar-refractivity contribution < 1.29 is 24.5 Å². The Morgan fingerprint density at radius 3 is 2.68 bits per heavy atom. The first-order chi connectivity index (χ1) is 9.04. The zero-order valence-corrected chi connectivity index (χ0v) is 10.2. The van der Waals surface area contributed by atoms with Crippen molar-refractivity contribution in [1.82, 2.24) is 0 Å². The first-order valence-corrected chi connectivity index (χ1v) is 5.87. The monoisotopic (exact) mass is 262 g/mol. The summed E-state index contributed by atoms with van der Waals surface area (Å²) in [4.78, 5) is 23.3. The summed E-state index contributed by atoms with van der Waals surface area (Å²) >= 11 is 0. The summed E-state index contributed by atoms with van der Waals surface area (Å²) in [5, 5.41) is 19.7. The van der Waals surface area contributed by atoms with Crippen LogP contribution in [0.25, 0.3) is 0 Å². The van der Waals surface area contributed by atoms with Gasteiger partial charge in [-0.05, 0) is 24.6 Å². The Labute approximate surface area is 110 Å². The normalized spacial score (nSPS) is 26.2. The van der Waals surface area contributed by atoms with Gasteiger partial charge < -0.3 is 14.9 Å². The van der Waals surface area contributed by atoms with Gasteiger partial charge in [0.25, 0.3) is 0 Å². The van der Waals surface area contributed by atoms with Gasteiger partial charge in [-0.15, -0.1) is 0 Å². The maximum Gasteiger partial charge on any atom is 0.338 e. The first-order valence-electron chi connectivity index (χ1n) is 5.87. The zero-order valence-electron chi connectivity index (χ0n) is 10.2. The van der Waals surface area contributed by atoms with E-state index < -0.39 is 30.1 Å². The van der Waals surface area contributed by atoms with E-state index in [0.717, 1.165) is 0 Å². The Hall–Kier alpha value is -1.98. The molecule has 0 heterocycles. The largest absolute Gasteiger partial charge is 0.458 e. The molecule has 0 fully saturated rings. The molecule has 100 valence electrons. The maximum atomic E-state index is 11.7. The van der Waals surface area contributed by atoms with E-state index in [2.05, 4.69) is 0 Å². The highest BCUT2D eigenvalue weighted by molar-refractivity contribution is 5.99. The maximum absolute atomic E-state index is 11.7. The van der Waals surface area contributed by atoms with Crippen molar-refractivity contribution in [1.29, 1.82) is 0 Å². The Balaban J connectivity index is 2.04. The topological polar surface area (TPSA) is 83.8 Å². The van der Waals surface area contributed by atoms with Crippen molar-refractivity contribution in [2.45, 2.75) is 18.1 Å². The molecule has 1 aliphatic carbocycles. The van der Waals surface area contributed by atoms with Crippen LogP contribution in [0.4, 0.5) is 0 Å². The lowest BCUT2D eigenvalue weighted by Gasteiger charge is -2.31. The molecule has 0 amide bonds. The minimum absolute atomic E-state index is 0.144. The third kappa shape index (κ3) is 2.72. The number of aliphatic hydroxyl groups is 2. The molecular weight excluding hydrogens is 248 g/mol. The van der Waals surface area contributed by atoms with Crippen LogP contribution in [0.2, 0.25) is 0 Å². The van der Waals surface area contributed by atoms with E-state index in [4.69, 9.17) is 4.74 Å². The fourth-order valence-corrected chi connectivity index (χ4v) is 1.81. The van der Waals surface area contributed by atoms with Gasteiger partial charge >= 0.3 is 5.97 Å². The van der Waals surface area contributed by atoms with E-state index in [1.807, 2.05) is 0 Å². The highest BCUT2D eigenvalue weighted by atomic mass is 16.5. The van der Waals surface area contributed by atoms with E-state index in [-0.39, 0.29) is 6.42 Å². The Morgan fingerprint density at radius 2 is 2.05 bits per heavy atom. The number of hydrogen-bond donors (Lipinski definition) is 2. The molecule has 1 aliphatic rings. The SMILES string of the molecule is O=C(OC[C@@]1(O)C(=O)C=CC[C@@H]1O)c1ccccc1. The minimum atomic E-state index is -2.06. The van der Waals surface area contributed by atoms with Gasteiger partial charge in [0.2, 0.25) is 0 Å². The van der Waals surface area contributed by atoms with Gasteiger partial charge in [0.05, 0.1) is 11.7 Å². The lowest BCUT2D eigenvalue weighted by molar-refractivity contribution is -0.154. The summed E-state index contributed by atoms with van der Waals surface area (Å²) in [6.45, 7) is -0.564. The molecule has 2 N–H and O–H groups in total. The van der Waals surface area contributed by atoms with Gasteiger partial charge in [0, 0.05) is 0 Å². The van der Waals surface area contributed by atoms with Crippen LogP contribution in [-0.2, 0) is 9.53 Å². The fourth-order valence-electron chi connectivity index (χ4n) is 1.81. The fraction of sp³-hybridized carbons (Fsp3) is 0.286. The number of esters is 1. The average Bonchev–Trinajstić information content (AvgIpc) is 2.43. The van der Waals surface area contributed by atoms with Crippen LogP contribution in [0.3, 0.4) is 0 Å². The third-order valence-corrected chi connectivity index (χ3v) is 3.04. The summed E-state index contributed by atoms with van der Waals surface area (Å²) in [5.74, 6) is -1.31. The molecule has 0 saturated heterocycles. The molecule has 1 aromatic rings. The van der Waals surface area contributed by atoms with E-state index in [9.17, 15) is 19.8 Å². The summed E-state index contributed by atoms with van der Waals surface area (Å²) in [5.41, 5.74) is -1.74. The van der Waals surface area contributed by atoms with Crippen LogP contribution in [0.1, 0.15) is 16.8 Å². The van der Waals surface area contributed by atoms with Gasteiger partial charge in [-0.2, -0.15) is 0 Å². The van der Waals surface area contributed by atoms with Crippen molar-refractivity contribution in [3.8, 4) is 0 Å². The van der Waals surface area contributed by atoms with Gasteiger partial charge in [-0.1, -0.05) is 24.3 Å². The molecule has 0 aromatic heterocycles. The Kier molecular flexibility index (Phi) is 3.78. The number of ether oxygens (including phenoxy) is 1. The quantitative estimate of drug-likeness (QED) is 0.773. The van der Waals surface area contributed by atoms with Crippen LogP contribution in [0, 0.1) is 0 Å². The number of benzene rings is 1. The van der Waals surface area contributed by atoms with Crippen molar-refractivity contribution in [2.75, 3.05) is 6.61 Å². The van der Waals surface area contributed by atoms with Crippen molar-refractivity contribution in [3.63, 3.8) is 0 Å². The highest BCUT2D eigenvalue weighted by Gasteiger charge is 2.44. The van der Waals surface area contributed by atoms with Gasteiger partial charge in [0.15, 0.2) is 11.4 Å². The van der Waals surface area contributed by atoms with Crippen LogP contribution in [0.15, 0.2) is 42.5 Å². The smallest absolute Gasteiger partial charge is 0.338 e. The highest BCUT2D eigenvalue weighted by Crippen LogP contribution is 2.22. The molecule has 19 heavy (non-hydrogen) atoms. The standard InChI is InChI=1S/C14H14O5/c15-11-7-4-8-12(16)14(11,18)9-19-13(17)10-5-2-1-3-6-10/h1-7,12,16,18H,8-9H2/t12-,14+/m0/s1. The Bertz CT molecular complexity index is 508. The molecular formula is C14H14O5. The second kappa shape index (κ2) is 5.34. The van der Waals surface area contributed by atoms with Crippen LogP contribution in [0.5, 0.6) is 0 Å². The van der Waals surface area contributed by atoms with Gasteiger partial charge in [-0.25, -0.2) is 4.79 Å². The Morgan fingerprint density at radius 1 is 1.37 bits per heavy atom. The van der Waals surface area contributed by atoms with Crippen LogP contribution in [-0.4, -0.2) is 40.3 Å². The molecule has 2 rings (SSSR count). The lowest BCUT2D eigenvalue weighted by Crippen LogP contribution is -2.54. The molecule has 0 radical (unpaired) electrons. The number of rotatable bonds is 3. The molecule has 0 saturated carbocycles. The minimum Gasteiger partial charge on any atom is -0.458 e. The van der Waals surface area contributed by atoms with Crippen LogP contribution >= 0.6 is 0 Å². The predicted octanol–water partition coefficient (Wildman–Crippen LogP) is 0.464. The van der Waals surface area contributed by atoms with Gasteiger partial charge in [-0.3, -0.25) is 4.79 Å². The number of ketones is 1. The van der Waals surface area contributed by atoms with Crippen molar-refractivity contribution in [2.24, 2.45) is 0 Å². The van der Waals surface area contributed by atoms with Crippen LogP contribution < -0.4 is 0 Å². The van der Waals surface area contributed by atoms with Crippen molar-refractivity contribution >= 4 is 11.8 Å². The summed E-state index contributed by atoms with van der Waals surface area (Å²) < 4.78 is 4.91. The summed E-state index contributed by atoms with van der Waals surface area (Å²) in [6.07, 6.45) is 1.53. The number of carbonyl (C=O) groups excluding carboxylic acids is 2. The number of hydrogen-bond acceptors (Lipinski definition) is 5. The lowest BCUT2D eigenvalue weighted by atomic mass is 9.86. The molecule has 5 heteroatoms. The van der Waals surface area contributed by atoms with E-state index in [1.165, 1.54) is 12.2 Å².